The molecule has 10 nitrogen and oxygen atoms in total. The number of carbonyl (C=O) groups is 2. The highest BCUT2D eigenvalue weighted by molar-refractivity contribution is 7.46. The summed E-state index contributed by atoms with van der Waals surface area (Å²) < 4.78 is 26.1. The number of rotatable bonds is 32. The molecule has 0 heterocycles. The Bertz CT molecular complexity index is 956. The lowest BCUT2D eigenvalue weighted by molar-refractivity contribution is -0.161. The van der Waals surface area contributed by atoms with Gasteiger partial charge in [0, 0.05) is 12.8 Å². The average molecular weight is 701 g/mol. The lowest BCUT2D eigenvalue weighted by Crippen LogP contribution is -2.29. The van der Waals surface area contributed by atoms with Crippen LogP contribution in [-0.2, 0) is 28.2 Å². The van der Waals surface area contributed by atoms with Gasteiger partial charge in [-0.05, 0) is 38.5 Å². The molecule has 0 saturated carbocycles. The molecule has 0 aromatic rings. The number of phosphoric ester groups is 1. The number of carbonyl (C=O) groups excluding carboxylic acids is 2. The lowest BCUT2D eigenvalue weighted by Gasteiger charge is -2.18. The van der Waals surface area contributed by atoms with Crippen molar-refractivity contribution in [2.24, 2.45) is 0 Å². The molecular formula is C37H65O10P. The molecule has 0 aromatic carbocycles. The van der Waals surface area contributed by atoms with Gasteiger partial charge in [-0.3, -0.25) is 14.1 Å². The minimum Gasteiger partial charge on any atom is -0.462 e. The van der Waals surface area contributed by atoms with Crippen molar-refractivity contribution in [2.45, 2.75) is 161 Å². The predicted octanol–water partition coefficient (Wildman–Crippen LogP) is 8.34. The summed E-state index contributed by atoms with van der Waals surface area (Å²) >= 11 is 0. The Hall–Kier alpha value is -2.07. The molecule has 0 radical (unpaired) electrons. The van der Waals surface area contributed by atoms with Crippen LogP contribution in [0.3, 0.4) is 0 Å². The number of aliphatic hydroxyl groups is 2. The zero-order chi connectivity index (χ0) is 35.7. The average Bonchev–Trinajstić information content (AvgIpc) is 3.04. The van der Waals surface area contributed by atoms with Crippen LogP contribution in [0.1, 0.15) is 142 Å². The molecule has 11 heteroatoms. The highest BCUT2D eigenvalue weighted by Crippen LogP contribution is 2.36. The van der Waals surface area contributed by atoms with Crippen LogP contribution in [0.15, 0.2) is 48.6 Å². The van der Waals surface area contributed by atoms with Crippen molar-refractivity contribution in [3.8, 4) is 0 Å². The Balaban J connectivity index is 4.28. The van der Waals surface area contributed by atoms with Crippen LogP contribution in [0.2, 0.25) is 0 Å². The van der Waals surface area contributed by atoms with Crippen LogP contribution in [0.4, 0.5) is 0 Å². The van der Waals surface area contributed by atoms with Gasteiger partial charge in [0.15, 0.2) is 6.10 Å². The second kappa shape index (κ2) is 32.2. The van der Waals surface area contributed by atoms with Gasteiger partial charge in [-0.1, -0.05) is 140 Å². The zero-order valence-corrected chi connectivity index (χ0v) is 30.5. The highest BCUT2D eigenvalue weighted by Gasteiger charge is 2.23. The Labute approximate surface area is 290 Å². The van der Waals surface area contributed by atoms with E-state index >= 15 is 0 Å². The topological polar surface area (TPSA) is 160 Å². The SMILES string of the molecule is CCCCC/C=C\C[C@@H](O)/C=C/C=C/C=C\[C@@H](O)CCCC(=O)OC[C@H](COP(=O)(O)O)OC(=O)CCCCCCCCCCCCC. The first kappa shape index (κ1) is 45.9. The van der Waals surface area contributed by atoms with Gasteiger partial charge in [0.2, 0.25) is 0 Å². The second-order valence-electron chi connectivity index (χ2n) is 12.3. The first-order chi connectivity index (χ1) is 23.1. The van der Waals surface area contributed by atoms with Crippen LogP contribution in [-0.4, -0.2) is 63.5 Å². The summed E-state index contributed by atoms with van der Waals surface area (Å²) in [5.41, 5.74) is 0. The molecule has 0 aromatic heterocycles. The summed E-state index contributed by atoms with van der Waals surface area (Å²) in [6, 6.07) is 0. The molecular weight excluding hydrogens is 635 g/mol. The maximum atomic E-state index is 12.3. The van der Waals surface area contributed by atoms with E-state index in [1.165, 1.54) is 64.2 Å². The van der Waals surface area contributed by atoms with Crippen molar-refractivity contribution in [1.82, 2.24) is 0 Å². The van der Waals surface area contributed by atoms with Gasteiger partial charge >= 0.3 is 19.8 Å². The van der Waals surface area contributed by atoms with Gasteiger partial charge in [0.25, 0.3) is 0 Å². The number of hydrogen-bond donors (Lipinski definition) is 4. The first-order valence-corrected chi connectivity index (χ1v) is 19.7. The van der Waals surface area contributed by atoms with E-state index in [1.54, 1.807) is 36.5 Å². The number of aliphatic hydroxyl groups excluding tert-OH is 2. The number of hydrogen-bond acceptors (Lipinski definition) is 8. The van der Waals surface area contributed by atoms with Crippen molar-refractivity contribution in [3.05, 3.63) is 48.6 Å². The minimum absolute atomic E-state index is 0.00712. The van der Waals surface area contributed by atoms with Gasteiger partial charge in [0.1, 0.15) is 6.61 Å². The van der Waals surface area contributed by atoms with Gasteiger partial charge in [-0.15, -0.1) is 0 Å². The third-order valence-electron chi connectivity index (χ3n) is 7.54. The van der Waals surface area contributed by atoms with E-state index < -0.39 is 51.3 Å². The summed E-state index contributed by atoms with van der Waals surface area (Å²) in [4.78, 5) is 42.6. The molecule has 0 fully saturated rings. The Morgan fingerprint density at radius 3 is 1.79 bits per heavy atom. The number of ether oxygens (including phenoxy) is 2. The molecule has 0 aliphatic heterocycles. The van der Waals surface area contributed by atoms with Gasteiger partial charge in [-0.2, -0.15) is 0 Å². The van der Waals surface area contributed by atoms with Gasteiger partial charge < -0.3 is 29.5 Å². The molecule has 0 rings (SSSR count). The molecule has 278 valence electrons. The van der Waals surface area contributed by atoms with Gasteiger partial charge in [0.05, 0.1) is 18.8 Å². The molecule has 48 heavy (non-hydrogen) atoms. The number of allylic oxidation sites excluding steroid dienone is 5. The Morgan fingerprint density at radius 1 is 0.646 bits per heavy atom. The quantitative estimate of drug-likeness (QED) is 0.0177. The predicted molar refractivity (Wildman–Crippen MR) is 191 cm³/mol. The number of unbranched alkanes of at least 4 members (excludes halogenated alkanes) is 13. The van der Waals surface area contributed by atoms with Gasteiger partial charge in [-0.25, -0.2) is 4.57 Å². The van der Waals surface area contributed by atoms with E-state index in [0.717, 1.165) is 25.7 Å². The second-order valence-corrected chi connectivity index (χ2v) is 13.5. The number of esters is 2. The fourth-order valence-corrected chi connectivity index (χ4v) is 5.10. The van der Waals surface area contributed by atoms with Crippen LogP contribution in [0.25, 0.3) is 0 Å². The normalized spacial score (nSPS) is 14.4. The van der Waals surface area contributed by atoms with Crippen molar-refractivity contribution in [1.29, 1.82) is 0 Å². The molecule has 0 aliphatic carbocycles. The third-order valence-corrected chi connectivity index (χ3v) is 8.03. The van der Waals surface area contributed by atoms with E-state index in [2.05, 4.69) is 24.4 Å². The Kier molecular flexibility index (Phi) is 30.8. The fraction of sp³-hybridized carbons (Fsp3) is 0.730. The fourth-order valence-electron chi connectivity index (χ4n) is 4.74. The number of phosphoric acid groups is 1. The van der Waals surface area contributed by atoms with E-state index in [0.29, 0.717) is 25.7 Å². The summed E-state index contributed by atoms with van der Waals surface area (Å²) in [6.07, 6.45) is 30.4. The molecule has 4 N–H and O–H groups in total. The molecule has 0 aliphatic rings. The van der Waals surface area contributed by atoms with E-state index in [4.69, 9.17) is 19.3 Å². The van der Waals surface area contributed by atoms with Crippen molar-refractivity contribution < 1.29 is 48.2 Å². The molecule has 0 saturated heterocycles. The summed E-state index contributed by atoms with van der Waals surface area (Å²) in [6.45, 7) is 3.38. The Morgan fingerprint density at radius 2 is 1.19 bits per heavy atom. The van der Waals surface area contributed by atoms with Crippen molar-refractivity contribution in [2.75, 3.05) is 13.2 Å². The molecule has 0 unspecified atom stereocenters. The summed E-state index contributed by atoms with van der Waals surface area (Å²) in [5.74, 6) is -1.13. The third kappa shape index (κ3) is 33.8. The highest BCUT2D eigenvalue weighted by atomic mass is 31.2. The molecule has 0 spiro atoms. The standard InChI is InChI=1S/C37H65O10P/c1-3-5-7-9-11-12-13-14-15-17-23-29-37(41)47-35(32-46-48(42,43)44)31-45-36(40)30-24-28-34(39)27-22-19-18-21-26-33(38)25-20-16-10-8-6-4-2/h16,18-22,26-27,33-35,38-39H,3-15,17,23-25,28-32H2,1-2H3,(H2,42,43,44)/b19-18+,20-16-,26-21+,27-22-/t33-,34-,35-/m1/s1. The maximum Gasteiger partial charge on any atom is 0.469 e. The monoisotopic (exact) mass is 700 g/mol. The largest absolute Gasteiger partial charge is 0.469 e. The molecule has 0 amide bonds. The maximum absolute atomic E-state index is 12.3. The van der Waals surface area contributed by atoms with E-state index in [1.807, 2.05) is 6.08 Å². The van der Waals surface area contributed by atoms with Crippen molar-refractivity contribution >= 4 is 19.8 Å². The summed E-state index contributed by atoms with van der Waals surface area (Å²) in [5, 5.41) is 20.1. The van der Waals surface area contributed by atoms with Crippen LogP contribution in [0, 0.1) is 0 Å². The zero-order valence-electron chi connectivity index (χ0n) is 29.6. The summed E-state index contributed by atoms with van der Waals surface area (Å²) in [7, 11) is -4.80. The van der Waals surface area contributed by atoms with Crippen LogP contribution >= 0.6 is 7.82 Å². The van der Waals surface area contributed by atoms with E-state index in [-0.39, 0.29) is 12.8 Å². The van der Waals surface area contributed by atoms with Crippen LogP contribution in [0.5, 0.6) is 0 Å². The molecule has 3 atom stereocenters. The van der Waals surface area contributed by atoms with Crippen LogP contribution < -0.4 is 0 Å². The van der Waals surface area contributed by atoms with Crippen molar-refractivity contribution in [3.63, 3.8) is 0 Å². The first-order valence-electron chi connectivity index (χ1n) is 18.1. The minimum atomic E-state index is -4.80. The molecule has 0 bridgehead atoms. The van der Waals surface area contributed by atoms with E-state index in [9.17, 15) is 24.4 Å². The lowest BCUT2D eigenvalue weighted by atomic mass is 10.1. The smallest absolute Gasteiger partial charge is 0.462 e.